The lowest BCUT2D eigenvalue weighted by molar-refractivity contribution is 0.0175. The molecule has 16 heavy (non-hydrogen) atoms. The van der Waals surface area contributed by atoms with Gasteiger partial charge in [0.25, 0.3) is 0 Å². The van der Waals surface area contributed by atoms with E-state index in [9.17, 15) is 34.4 Å². The average molecular weight is 290 g/mol. The molecule has 0 saturated heterocycles. The van der Waals surface area contributed by atoms with E-state index in [1.54, 1.807) is 0 Å². The topological polar surface area (TPSA) is 86.7 Å². The number of alkyl halides is 4. The molecule has 6 nitrogen and oxygen atoms in total. The standard InChI is InChI=1S/C4H6F4O6S2/c1-2(13-15(9,10)3(5)6)14-16(11,12)4(7)8/h2-4H,1H3. The predicted octanol–water partition coefficient (Wildman–Crippen LogP) is 0.470. The third-order valence-electron chi connectivity index (χ3n) is 0.976. The quantitative estimate of drug-likeness (QED) is 0.401. The second-order valence-corrected chi connectivity index (χ2v) is 5.34. The van der Waals surface area contributed by atoms with E-state index in [-0.39, 0.29) is 0 Å². The van der Waals surface area contributed by atoms with Gasteiger partial charge in [-0.15, -0.1) is 0 Å². The van der Waals surface area contributed by atoms with Crippen LogP contribution in [-0.4, -0.2) is 34.6 Å². The van der Waals surface area contributed by atoms with Crippen molar-refractivity contribution in [2.24, 2.45) is 0 Å². The van der Waals surface area contributed by atoms with Gasteiger partial charge in [0, 0.05) is 0 Å². The van der Waals surface area contributed by atoms with Gasteiger partial charge in [-0.05, 0) is 6.92 Å². The SMILES string of the molecule is CC(OS(=O)(=O)C(F)F)OS(=O)(=O)C(F)F. The van der Waals surface area contributed by atoms with Crippen molar-refractivity contribution in [1.82, 2.24) is 0 Å². The Morgan fingerprint density at radius 3 is 1.25 bits per heavy atom. The Hall–Kier alpha value is -0.460. The molecule has 0 aliphatic carbocycles. The molecule has 0 bridgehead atoms. The highest BCUT2D eigenvalue weighted by atomic mass is 32.2. The van der Waals surface area contributed by atoms with Crippen LogP contribution in [0.2, 0.25) is 0 Å². The Morgan fingerprint density at radius 1 is 0.812 bits per heavy atom. The van der Waals surface area contributed by atoms with E-state index in [0.717, 1.165) is 0 Å². The highest BCUT2D eigenvalue weighted by Crippen LogP contribution is 2.15. The minimum atomic E-state index is -5.36. The molecule has 98 valence electrons. The van der Waals surface area contributed by atoms with E-state index in [2.05, 4.69) is 8.37 Å². The van der Waals surface area contributed by atoms with Crippen molar-refractivity contribution in [2.45, 2.75) is 24.7 Å². The van der Waals surface area contributed by atoms with Crippen LogP contribution < -0.4 is 0 Å². The number of halogens is 4. The number of rotatable bonds is 6. The molecule has 0 spiro atoms. The van der Waals surface area contributed by atoms with E-state index in [0.29, 0.717) is 6.92 Å². The molecular weight excluding hydrogens is 284 g/mol. The molecule has 0 heterocycles. The van der Waals surface area contributed by atoms with Crippen LogP contribution in [0.3, 0.4) is 0 Å². The Bertz CT molecular complexity index is 374. The molecule has 0 rings (SSSR count). The fraction of sp³-hybridized carbons (Fsp3) is 1.00. The molecule has 0 unspecified atom stereocenters. The fourth-order valence-corrected chi connectivity index (χ4v) is 1.53. The van der Waals surface area contributed by atoms with Gasteiger partial charge in [-0.2, -0.15) is 34.4 Å². The van der Waals surface area contributed by atoms with E-state index >= 15 is 0 Å². The first kappa shape index (κ1) is 15.5. The van der Waals surface area contributed by atoms with Gasteiger partial charge in [0.15, 0.2) is 6.29 Å². The summed E-state index contributed by atoms with van der Waals surface area (Å²) in [6.45, 7) is 0.555. The van der Waals surface area contributed by atoms with Crippen molar-refractivity contribution < 1.29 is 42.8 Å². The molecule has 0 aliphatic rings. The molecule has 0 aromatic carbocycles. The second kappa shape index (κ2) is 5.25. The van der Waals surface area contributed by atoms with Gasteiger partial charge in [0.05, 0.1) is 0 Å². The Balaban J connectivity index is 4.60. The van der Waals surface area contributed by atoms with Gasteiger partial charge in [-0.3, -0.25) is 0 Å². The predicted molar refractivity (Wildman–Crippen MR) is 41.5 cm³/mol. The Morgan fingerprint density at radius 2 is 1.06 bits per heavy atom. The first-order valence-corrected chi connectivity index (χ1v) is 6.34. The highest BCUT2D eigenvalue weighted by Gasteiger charge is 2.33. The van der Waals surface area contributed by atoms with Gasteiger partial charge >= 0.3 is 31.8 Å². The van der Waals surface area contributed by atoms with Crippen LogP contribution in [0.15, 0.2) is 0 Å². The van der Waals surface area contributed by atoms with Gasteiger partial charge < -0.3 is 0 Å². The first-order valence-electron chi connectivity index (χ1n) is 3.39. The first-order chi connectivity index (χ1) is 6.99. The number of hydrogen-bond acceptors (Lipinski definition) is 6. The summed E-state index contributed by atoms with van der Waals surface area (Å²) < 4.78 is 95.2. The van der Waals surface area contributed by atoms with Crippen LogP contribution in [0.1, 0.15) is 6.92 Å². The summed E-state index contributed by atoms with van der Waals surface area (Å²) in [5.41, 5.74) is 0. The number of hydrogen-bond donors (Lipinski definition) is 0. The molecule has 12 heteroatoms. The molecule has 0 N–H and O–H groups in total. The zero-order valence-corrected chi connectivity index (χ0v) is 9.14. The van der Waals surface area contributed by atoms with E-state index < -0.39 is 38.0 Å². The van der Waals surface area contributed by atoms with Crippen LogP contribution in [-0.2, 0) is 28.6 Å². The smallest absolute Gasteiger partial charge is 0.233 e. The van der Waals surface area contributed by atoms with Gasteiger partial charge in [0.2, 0.25) is 0 Å². The molecule has 0 aromatic heterocycles. The monoisotopic (exact) mass is 290 g/mol. The zero-order chi connectivity index (χ0) is 13.1. The van der Waals surface area contributed by atoms with Crippen molar-refractivity contribution in [3.05, 3.63) is 0 Å². The minimum absolute atomic E-state index is 0.555. The Labute approximate surface area is 88.4 Å². The van der Waals surface area contributed by atoms with Crippen molar-refractivity contribution in [3.8, 4) is 0 Å². The Kier molecular flexibility index (Phi) is 5.10. The van der Waals surface area contributed by atoms with Gasteiger partial charge in [-0.25, -0.2) is 8.37 Å². The van der Waals surface area contributed by atoms with Crippen LogP contribution in [0, 0.1) is 0 Å². The maximum Gasteiger partial charge on any atom is 0.361 e. The summed E-state index contributed by atoms with van der Waals surface area (Å²) >= 11 is 0. The van der Waals surface area contributed by atoms with Crippen LogP contribution in [0.4, 0.5) is 17.6 Å². The normalized spacial score (nSPS) is 14.0. The molecule has 0 atom stereocenters. The summed E-state index contributed by atoms with van der Waals surface area (Å²) in [5, 5.41) is 0. The lowest BCUT2D eigenvalue weighted by atomic mass is 10.8. The molecule has 0 fully saturated rings. The summed E-state index contributed by atoms with van der Waals surface area (Å²) in [7, 11) is -10.7. The zero-order valence-electron chi connectivity index (χ0n) is 7.51. The molecular formula is C4H6F4O6S2. The third-order valence-corrected chi connectivity index (χ3v) is 2.93. The van der Waals surface area contributed by atoms with Gasteiger partial charge in [-0.1, -0.05) is 0 Å². The summed E-state index contributed by atoms with van der Waals surface area (Å²) in [5.74, 6) is -7.87. The largest absolute Gasteiger partial charge is 0.361 e. The second-order valence-electron chi connectivity index (χ2n) is 2.27. The van der Waals surface area contributed by atoms with Gasteiger partial charge in [0.1, 0.15) is 0 Å². The van der Waals surface area contributed by atoms with E-state index in [1.807, 2.05) is 0 Å². The van der Waals surface area contributed by atoms with Crippen LogP contribution in [0.5, 0.6) is 0 Å². The molecule has 0 saturated carbocycles. The highest BCUT2D eigenvalue weighted by molar-refractivity contribution is 7.87. The van der Waals surface area contributed by atoms with Crippen molar-refractivity contribution >= 4 is 20.2 Å². The lowest BCUT2D eigenvalue weighted by Crippen LogP contribution is -2.27. The summed E-state index contributed by atoms with van der Waals surface area (Å²) in [6, 6.07) is 0. The molecule has 0 radical (unpaired) electrons. The maximum absolute atomic E-state index is 11.7. The fourth-order valence-electron chi connectivity index (χ4n) is 0.478. The van der Waals surface area contributed by atoms with Crippen molar-refractivity contribution in [3.63, 3.8) is 0 Å². The summed E-state index contributed by atoms with van der Waals surface area (Å²) in [4.78, 5) is 0. The lowest BCUT2D eigenvalue weighted by Gasteiger charge is -2.12. The third kappa shape index (κ3) is 4.59. The van der Waals surface area contributed by atoms with E-state index in [1.165, 1.54) is 0 Å². The van der Waals surface area contributed by atoms with Crippen molar-refractivity contribution in [1.29, 1.82) is 0 Å². The van der Waals surface area contributed by atoms with Crippen LogP contribution >= 0.6 is 0 Å². The molecule has 0 aliphatic heterocycles. The average Bonchev–Trinajstić information content (AvgIpc) is 2.00. The minimum Gasteiger partial charge on any atom is -0.233 e. The summed E-state index contributed by atoms with van der Waals surface area (Å²) in [6.07, 6.45) is -2.31. The molecule has 0 aromatic rings. The van der Waals surface area contributed by atoms with Crippen molar-refractivity contribution in [2.75, 3.05) is 0 Å². The van der Waals surface area contributed by atoms with E-state index in [4.69, 9.17) is 0 Å². The maximum atomic E-state index is 11.7. The molecule has 0 amide bonds. The van der Waals surface area contributed by atoms with Crippen LogP contribution in [0.25, 0.3) is 0 Å².